The molecule has 0 saturated carbocycles. The summed E-state index contributed by atoms with van der Waals surface area (Å²) in [6, 6.07) is 2.60. The van der Waals surface area contributed by atoms with Crippen molar-refractivity contribution in [2.75, 3.05) is 12.3 Å². The van der Waals surface area contributed by atoms with Crippen molar-refractivity contribution in [3.63, 3.8) is 0 Å². The van der Waals surface area contributed by atoms with Crippen LogP contribution in [0.2, 0.25) is 10.0 Å². The van der Waals surface area contributed by atoms with E-state index in [0.717, 1.165) is 0 Å². The summed E-state index contributed by atoms with van der Waals surface area (Å²) < 4.78 is 26.5. The van der Waals surface area contributed by atoms with E-state index in [0.29, 0.717) is 6.42 Å². The Kier molecular flexibility index (Phi) is 5.08. The molecule has 1 atom stereocenters. The lowest BCUT2D eigenvalue weighted by atomic mass is 10.1. The molecule has 0 aliphatic rings. The van der Waals surface area contributed by atoms with Gasteiger partial charge in [0.2, 0.25) is 10.0 Å². The summed E-state index contributed by atoms with van der Waals surface area (Å²) in [6.45, 7) is 3.14. The van der Waals surface area contributed by atoms with E-state index in [-0.39, 0.29) is 27.2 Å². The van der Waals surface area contributed by atoms with E-state index in [1.807, 2.05) is 0 Å². The van der Waals surface area contributed by atoms with E-state index in [2.05, 4.69) is 4.72 Å². The highest BCUT2D eigenvalue weighted by Crippen LogP contribution is 2.31. The molecule has 1 aromatic rings. The number of benzene rings is 1. The van der Waals surface area contributed by atoms with E-state index >= 15 is 0 Å². The van der Waals surface area contributed by atoms with E-state index in [4.69, 9.17) is 28.9 Å². The van der Waals surface area contributed by atoms with Crippen LogP contribution in [0.1, 0.15) is 20.3 Å². The average Bonchev–Trinajstić information content (AvgIpc) is 2.25. The Hall–Kier alpha value is -0.530. The molecule has 0 heterocycles. The van der Waals surface area contributed by atoms with Gasteiger partial charge < -0.3 is 10.8 Å². The fourth-order valence-electron chi connectivity index (χ4n) is 1.31. The normalized spacial score (nSPS) is 15.2. The van der Waals surface area contributed by atoms with Crippen LogP contribution in [0, 0.1) is 0 Å². The van der Waals surface area contributed by atoms with Gasteiger partial charge in [0.15, 0.2) is 0 Å². The van der Waals surface area contributed by atoms with Crippen molar-refractivity contribution in [3.05, 3.63) is 22.2 Å². The maximum absolute atomic E-state index is 12.1. The van der Waals surface area contributed by atoms with Crippen LogP contribution in [0.3, 0.4) is 0 Å². The summed E-state index contributed by atoms with van der Waals surface area (Å²) >= 11 is 11.6. The number of anilines is 1. The smallest absolute Gasteiger partial charge is 0.244 e. The standard InChI is InChI=1S/C11H16Cl2N2O3S/c1-3-11(2,16)6-15-19(17,18)10-8(13)4-7(12)5-9(10)14/h4-5,15-16H,3,6,14H2,1-2H3. The lowest BCUT2D eigenvalue weighted by Crippen LogP contribution is -2.40. The first-order valence-corrected chi connectivity index (χ1v) is 7.79. The molecule has 0 fully saturated rings. The van der Waals surface area contributed by atoms with E-state index in [1.165, 1.54) is 19.1 Å². The van der Waals surface area contributed by atoms with Crippen LogP contribution in [0.15, 0.2) is 17.0 Å². The third kappa shape index (κ3) is 4.22. The fraction of sp³-hybridized carbons (Fsp3) is 0.455. The van der Waals surface area contributed by atoms with Gasteiger partial charge in [-0.25, -0.2) is 13.1 Å². The largest absolute Gasteiger partial charge is 0.398 e. The van der Waals surface area contributed by atoms with Crippen LogP contribution >= 0.6 is 23.2 Å². The van der Waals surface area contributed by atoms with Gasteiger partial charge in [-0.15, -0.1) is 0 Å². The quantitative estimate of drug-likeness (QED) is 0.721. The van der Waals surface area contributed by atoms with Crippen LogP contribution in [0.25, 0.3) is 0 Å². The predicted octanol–water partition coefficient (Wildman–Crippen LogP) is 2.01. The third-order valence-electron chi connectivity index (χ3n) is 2.71. The number of nitrogens with two attached hydrogens (primary N) is 1. The molecule has 0 aliphatic carbocycles. The first-order chi connectivity index (χ1) is 8.59. The van der Waals surface area contributed by atoms with Crippen LogP contribution in [-0.2, 0) is 10.0 Å². The topological polar surface area (TPSA) is 92.4 Å². The lowest BCUT2D eigenvalue weighted by molar-refractivity contribution is 0.0613. The van der Waals surface area contributed by atoms with Crippen molar-refractivity contribution < 1.29 is 13.5 Å². The molecule has 0 saturated heterocycles. The molecule has 4 N–H and O–H groups in total. The molecular formula is C11H16Cl2N2O3S. The number of halogens is 2. The first kappa shape index (κ1) is 16.5. The van der Waals surface area contributed by atoms with Gasteiger partial charge in [0.05, 0.1) is 16.3 Å². The minimum Gasteiger partial charge on any atom is -0.398 e. The van der Waals surface area contributed by atoms with Gasteiger partial charge in [0.1, 0.15) is 4.90 Å². The van der Waals surface area contributed by atoms with Gasteiger partial charge in [-0.05, 0) is 25.5 Å². The monoisotopic (exact) mass is 326 g/mol. The minimum atomic E-state index is -3.91. The molecule has 5 nitrogen and oxygen atoms in total. The summed E-state index contributed by atoms with van der Waals surface area (Å²) in [5.41, 5.74) is 4.45. The van der Waals surface area contributed by atoms with Crippen molar-refractivity contribution >= 4 is 38.9 Å². The Morgan fingerprint density at radius 3 is 2.47 bits per heavy atom. The molecule has 108 valence electrons. The van der Waals surface area contributed by atoms with Crippen molar-refractivity contribution in [2.45, 2.75) is 30.8 Å². The van der Waals surface area contributed by atoms with Crippen molar-refractivity contribution in [3.8, 4) is 0 Å². The second-order valence-corrected chi connectivity index (χ2v) is 7.03. The van der Waals surface area contributed by atoms with Crippen molar-refractivity contribution in [1.29, 1.82) is 0 Å². The first-order valence-electron chi connectivity index (χ1n) is 5.55. The molecule has 8 heteroatoms. The molecule has 0 radical (unpaired) electrons. The number of sulfonamides is 1. The zero-order valence-electron chi connectivity index (χ0n) is 10.6. The maximum atomic E-state index is 12.1. The number of rotatable bonds is 5. The zero-order valence-corrected chi connectivity index (χ0v) is 12.9. The van der Waals surface area contributed by atoms with E-state index in [9.17, 15) is 13.5 Å². The van der Waals surface area contributed by atoms with Crippen LogP contribution in [0.4, 0.5) is 5.69 Å². The summed E-state index contributed by atoms with van der Waals surface area (Å²) in [5, 5.41) is 9.99. The van der Waals surface area contributed by atoms with Gasteiger partial charge in [0.25, 0.3) is 0 Å². The highest BCUT2D eigenvalue weighted by molar-refractivity contribution is 7.89. The van der Waals surface area contributed by atoms with Gasteiger partial charge in [-0.1, -0.05) is 30.1 Å². The highest BCUT2D eigenvalue weighted by Gasteiger charge is 2.26. The summed E-state index contributed by atoms with van der Waals surface area (Å²) in [6.07, 6.45) is 0.402. The van der Waals surface area contributed by atoms with E-state index in [1.54, 1.807) is 6.92 Å². The SMILES string of the molecule is CCC(C)(O)CNS(=O)(=O)c1c(N)cc(Cl)cc1Cl. The molecule has 0 amide bonds. The molecule has 0 aliphatic heterocycles. The third-order valence-corrected chi connectivity index (χ3v) is 4.86. The van der Waals surface area contributed by atoms with Gasteiger partial charge in [-0.2, -0.15) is 0 Å². The zero-order chi connectivity index (χ0) is 14.8. The highest BCUT2D eigenvalue weighted by atomic mass is 35.5. The summed E-state index contributed by atoms with van der Waals surface area (Å²) in [5.74, 6) is 0. The molecule has 1 aromatic carbocycles. The Labute approximate surface area is 122 Å². The average molecular weight is 327 g/mol. The Balaban J connectivity index is 3.09. The Morgan fingerprint density at radius 1 is 1.42 bits per heavy atom. The fourth-order valence-corrected chi connectivity index (χ4v) is 3.46. The number of nitrogens with one attached hydrogen (secondary N) is 1. The molecular weight excluding hydrogens is 311 g/mol. The van der Waals surface area contributed by atoms with Crippen LogP contribution in [-0.4, -0.2) is 25.7 Å². The van der Waals surface area contributed by atoms with Crippen LogP contribution in [0.5, 0.6) is 0 Å². The van der Waals surface area contributed by atoms with Gasteiger partial charge in [-0.3, -0.25) is 0 Å². The minimum absolute atomic E-state index is 0.0406. The Bertz CT molecular complexity index is 550. The maximum Gasteiger partial charge on any atom is 0.244 e. The molecule has 0 aromatic heterocycles. The molecule has 0 spiro atoms. The predicted molar refractivity (Wildman–Crippen MR) is 77.0 cm³/mol. The lowest BCUT2D eigenvalue weighted by Gasteiger charge is -2.22. The number of hydrogen-bond acceptors (Lipinski definition) is 4. The molecule has 0 bridgehead atoms. The number of hydrogen-bond donors (Lipinski definition) is 3. The molecule has 19 heavy (non-hydrogen) atoms. The second-order valence-electron chi connectivity index (χ2n) is 4.48. The van der Waals surface area contributed by atoms with Gasteiger partial charge in [0, 0.05) is 11.6 Å². The van der Waals surface area contributed by atoms with Gasteiger partial charge >= 0.3 is 0 Å². The van der Waals surface area contributed by atoms with Crippen molar-refractivity contribution in [1.82, 2.24) is 4.72 Å². The summed E-state index contributed by atoms with van der Waals surface area (Å²) in [4.78, 5) is -0.231. The van der Waals surface area contributed by atoms with E-state index < -0.39 is 15.6 Å². The summed E-state index contributed by atoms with van der Waals surface area (Å²) in [7, 11) is -3.91. The number of nitrogen functional groups attached to an aromatic ring is 1. The van der Waals surface area contributed by atoms with Crippen molar-refractivity contribution in [2.24, 2.45) is 0 Å². The molecule has 1 unspecified atom stereocenters. The Morgan fingerprint density at radius 2 is 2.00 bits per heavy atom. The molecule has 1 rings (SSSR count). The number of aliphatic hydroxyl groups is 1. The second kappa shape index (κ2) is 5.85. The van der Waals surface area contributed by atoms with Crippen LogP contribution < -0.4 is 10.5 Å².